The molecule has 0 unspecified atom stereocenters. The van der Waals surface area contributed by atoms with E-state index in [1.165, 1.54) is 0 Å². The summed E-state index contributed by atoms with van der Waals surface area (Å²) in [5.41, 5.74) is 0.925. The van der Waals surface area contributed by atoms with E-state index in [1.807, 2.05) is 44.2 Å². The Morgan fingerprint density at radius 3 is 2.58 bits per heavy atom. The van der Waals surface area contributed by atoms with Gasteiger partial charge in [0.15, 0.2) is 0 Å². The minimum atomic E-state index is 0.396. The standard InChI is InChI=1S/C10H9BO/c11-9-6-5-7-3-1-2-4-8(7)10(9)12/h1-6,12H,11H2. The van der Waals surface area contributed by atoms with Crippen LogP contribution in [0.25, 0.3) is 10.8 Å². The molecule has 0 heterocycles. The molecule has 0 atom stereocenters. The van der Waals surface area contributed by atoms with Gasteiger partial charge < -0.3 is 5.11 Å². The lowest BCUT2D eigenvalue weighted by Crippen LogP contribution is -2.01. The van der Waals surface area contributed by atoms with Crippen LogP contribution >= 0.6 is 0 Å². The summed E-state index contributed by atoms with van der Waals surface area (Å²) in [5.74, 6) is 0.396. The van der Waals surface area contributed by atoms with E-state index in [4.69, 9.17) is 0 Å². The molecule has 1 N–H and O–H groups in total. The quantitative estimate of drug-likeness (QED) is 0.559. The normalized spacial score (nSPS) is 10.3. The Balaban J connectivity index is 2.91. The Bertz CT molecular complexity index is 423. The number of fused-ring (bicyclic) bond motifs is 1. The van der Waals surface area contributed by atoms with Crippen molar-refractivity contribution in [3.8, 4) is 5.75 Å². The van der Waals surface area contributed by atoms with Crippen molar-refractivity contribution < 1.29 is 5.11 Å². The molecule has 0 aromatic heterocycles. The minimum Gasteiger partial charge on any atom is -0.508 e. The van der Waals surface area contributed by atoms with Gasteiger partial charge in [-0.1, -0.05) is 36.4 Å². The second-order valence-corrected chi connectivity index (χ2v) is 2.95. The van der Waals surface area contributed by atoms with Crippen molar-refractivity contribution in [3.05, 3.63) is 36.4 Å². The summed E-state index contributed by atoms with van der Waals surface area (Å²) in [5, 5.41) is 11.7. The van der Waals surface area contributed by atoms with Crippen molar-refractivity contribution in [1.82, 2.24) is 0 Å². The Labute approximate surface area is 72.1 Å². The number of aromatic hydroxyl groups is 1. The maximum absolute atomic E-state index is 9.66. The molecule has 0 aliphatic carbocycles. The molecule has 0 radical (unpaired) electrons. The predicted octanol–water partition coefficient (Wildman–Crippen LogP) is 0.804. The first-order chi connectivity index (χ1) is 5.79. The van der Waals surface area contributed by atoms with Crippen molar-refractivity contribution in [2.24, 2.45) is 0 Å². The van der Waals surface area contributed by atoms with Gasteiger partial charge in [0.05, 0.1) is 0 Å². The lowest BCUT2D eigenvalue weighted by molar-refractivity contribution is 0.486. The molecule has 0 aliphatic heterocycles. The Hall–Kier alpha value is -1.44. The highest BCUT2D eigenvalue weighted by atomic mass is 16.3. The fourth-order valence-electron chi connectivity index (χ4n) is 1.36. The van der Waals surface area contributed by atoms with Crippen LogP contribution in [-0.2, 0) is 0 Å². The smallest absolute Gasteiger partial charge is 0.144 e. The number of phenolic OH excluding ortho intramolecular Hbond substituents is 1. The highest BCUT2D eigenvalue weighted by Crippen LogP contribution is 2.20. The van der Waals surface area contributed by atoms with Crippen molar-refractivity contribution in [1.29, 1.82) is 0 Å². The molecule has 12 heavy (non-hydrogen) atoms. The lowest BCUT2D eigenvalue weighted by Gasteiger charge is -2.02. The first kappa shape index (κ1) is 7.23. The van der Waals surface area contributed by atoms with E-state index in [0.717, 1.165) is 16.2 Å². The maximum atomic E-state index is 9.66. The van der Waals surface area contributed by atoms with E-state index in [9.17, 15) is 5.11 Å². The average Bonchev–Trinajstić information content (AvgIpc) is 2.12. The molecule has 0 amide bonds. The molecule has 2 aromatic rings. The van der Waals surface area contributed by atoms with Crippen LogP contribution in [0.4, 0.5) is 0 Å². The fourth-order valence-corrected chi connectivity index (χ4v) is 1.36. The Morgan fingerprint density at radius 2 is 1.75 bits per heavy atom. The van der Waals surface area contributed by atoms with E-state index >= 15 is 0 Å². The van der Waals surface area contributed by atoms with Gasteiger partial charge in [-0.15, -0.1) is 0 Å². The summed E-state index contributed by atoms with van der Waals surface area (Å²) >= 11 is 0. The molecule has 58 valence electrons. The summed E-state index contributed by atoms with van der Waals surface area (Å²) in [6.45, 7) is 0. The fraction of sp³-hybridized carbons (Fsp3) is 0. The molecule has 0 spiro atoms. The molecular formula is C10H9BO. The number of rotatable bonds is 0. The minimum absolute atomic E-state index is 0.396. The summed E-state index contributed by atoms with van der Waals surface area (Å²) < 4.78 is 0. The zero-order valence-corrected chi connectivity index (χ0v) is 6.91. The third-order valence-corrected chi connectivity index (χ3v) is 2.10. The van der Waals surface area contributed by atoms with E-state index < -0.39 is 0 Å². The molecule has 0 saturated carbocycles. The number of hydrogen-bond acceptors (Lipinski definition) is 1. The van der Waals surface area contributed by atoms with Gasteiger partial charge in [-0.25, -0.2) is 0 Å². The molecule has 0 saturated heterocycles. The molecule has 1 nitrogen and oxygen atoms in total. The number of hydrogen-bond donors (Lipinski definition) is 1. The molecule has 0 fully saturated rings. The maximum Gasteiger partial charge on any atom is 0.144 e. The summed E-state index contributed by atoms with van der Waals surface area (Å²) in [6, 6.07) is 11.8. The highest BCUT2D eigenvalue weighted by Gasteiger charge is 1.99. The van der Waals surface area contributed by atoms with Gasteiger partial charge in [-0.05, 0) is 10.8 Å². The van der Waals surface area contributed by atoms with Gasteiger partial charge >= 0.3 is 0 Å². The van der Waals surface area contributed by atoms with E-state index in [2.05, 4.69) is 0 Å². The topological polar surface area (TPSA) is 20.2 Å². The molecule has 2 aromatic carbocycles. The van der Waals surface area contributed by atoms with Gasteiger partial charge in [-0.2, -0.15) is 0 Å². The zero-order valence-electron chi connectivity index (χ0n) is 6.91. The average molecular weight is 156 g/mol. The van der Waals surface area contributed by atoms with Crippen LogP contribution in [0.15, 0.2) is 36.4 Å². The number of benzene rings is 2. The summed E-state index contributed by atoms with van der Waals surface area (Å²) in [6.07, 6.45) is 0. The van der Waals surface area contributed by atoms with Crippen LogP contribution in [0.3, 0.4) is 0 Å². The van der Waals surface area contributed by atoms with Crippen LogP contribution in [0.5, 0.6) is 5.75 Å². The Kier molecular flexibility index (Phi) is 1.54. The van der Waals surface area contributed by atoms with Crippen molar-refractivity contribution >= 4 is 24.1 Å². The van der Waals surface area contributed by atoms with Gasteiger partial charge in [0.25, 0.3) is 0 Å². The van der Waals surface area contributed by atoms with Gasteiger partial charge in [0.1, 0.15) is 13.6 Å². The van der Waals surface area contributed by atoms with Gasteiger partial charge in [0.2, 0.25) is 0 Å². The molecule has 0 bridgehead atoms. The molecular weight excluding hydrogens is 147 g/mol. The van der Waals surface area contributed by atoms with Crippen LogP contribution in [-0.4, -0.2) is 13.0 Å². The third-order valence-electron chi connectivity index (χ3n) is 2.10. The molecule has 0 aliphatic rings. The van der Waals surface area contributed by atoms with Gasteiger partial charge in [-0.3, -0.25) is 0 Å². The second-order valence-electron chi connectivity index (χ2n) is 2.95. The monoisotopic (exact) mass is 156 g/mol. The lowest BCUT2D eigenvalue weighted by atomic mass is 9.92. The van der Waals surface area contributed by atoms with Crippen molar-refractivity contribution in [2.75, 3.05) is 0 Å². The summed E-state index contributed by atoms with van der Waals surface area (Å²) in [7, 11) is 1.90. The van der Waals surface area contributed by atoms with E-state index in [0.29, 0.717) is 5.75 Å². The van der Waals surface area contributed by atoms with Crippen LogP contribution in [0, 0.1) is 0 Å². The van der Waals surface area contributed by atoms with Crippen molar-refractivity contribution in [2.45, 2.75) is 0 Å². The van der Waals surface area contributed by atoms with E-state index in [-0.39, 0.29) is 0 Å². The largest absolute Gasteiger partial charge is 0.508 e. The zero-order chi connectivity index (χ0) is 8.55. The summed E-state index contributed by atoms with van der Waals surface area (Å²) in [4.78, 5) is 0. The highest BCUT2D eigenvalue weighted by molar-refractivity contribution is 6.35. The van der Waals surface area contributed by atoms with Crippen molar-refractivity contribution in [3.63, 3.8) is 0 Å². The van der Waals surface area contributed by atoms with Crippen LogP contribution in [0.1, 0.15) is 0 Å². The van der Waals surface area contributed by atoms with Crippen LogP contribution < -0.4 is 5.46 Å². The second kappa shape index (κ2) is 2.56. The third kappa shape index (κ3) is 0.963. The first-order valence-electron chi connectivity index (χ1n) is 3.96. The predicted molar refractivity (Wildman–Crippen MR) is 53.8 cm³/mol. The Morgan fingerprint density at radius 1 is 1.00 bits per heavy atom. The van der Waals surface area contributed by atoms with Gasteiger partial charge in [0, 0.05) is 5.39 Å². The molecule has 2 heteroatoms. The van der Waals surface area contributed by atoms with E-state index in [1.54, 1.807) is 0 Å². The molecule has 2 rings (SSSR count). The SMILES string of the molecule is Bc1ccc2ccccc2c1O. The number of phenols is 1. The first-order valence-corrected chi connectivity index (χ1v) is 3.96. The van der Waals surface area contributed by atoms with Crippen LogP contribution in [0.2, 0.25) is 0 Å².